The Labute approximate surface area is 110 Å². The fourth-order valence-electron chi connectivity index (χ4n) is 3.08. The molecule has 18 heavy (non-hydrogen) atoms. The molecule has 2 nitrogen and oxygen atoms in total. The van der Waals surface area contributed by atoms with Crippen LogP contribution in [0.1, 0.15) is 36.8 Å². The van der Waals surface area contributed by atoms with E-state index >= 15 is 0 Å². The first kappa shape index (κ1) is 12.0. The average molecular weight is 263 g/mol. The fraction of sp³-hybridized carbons (Fsp3) is 0.500. The Kier molecular flexibility index (Phi) is 2.84. The summed E-state index contributed by atoms with van der Waals surface area (Å²) in [5.74, 6) is -0.442. The number of nitrogens with zero attached hydrogens (tertiary/aromatic N) is 1. The summed E-state index contributed by atoms with van der Waals surface area (Å²) in [4.78, 5) is 0. The number of halogens is 1. The number of thioether (sulfide) groups is 1. The van der Waals surface area contributed by atoms with Crippen LogP contribution < -0.4 is 0 Å². The van der Waals surface area contributed by atoms with Crippen LogP contribution in [0.25, 0.3) is 0 Å². The molecule has 0 aliphatic carbocycles. The fourth-order valence-corrected chi connectivity index (χ4v) is 4.91. The maximum Gasteiger partial charge on any atom is 0.124 e. The largest absolute Gasteiger partial charge is 0.385 e. The number of rotatable bonds is 1. The monoisotopic (exact) mass is 263 g/mol. The average Bonchev–Trinajstić information content (AvgIpc) is 2.68. The molecule has 0 amide bonds. The van der Waals surface area contributed by atoms with Gasteiger partial charge in [0.25, 0.3) is 0 Å². The standard InChI is InChI=1S/C14H14FNOS/c15-11-4-9(8-16)3-10(5-11)14(17)6-12-1-2-13(7-14)18-12/h3-5,12-13,17H,1-2,6-7H2. The van der Waals surface area contributed by atoms with Crippen molar-refractivity contribution in [1.29, 1.82) is 5.26 Å². The van der Waals surface area contributed by atoms with Crippen molar-refractivity contribution < 1.29 is 9.50 Å². The molecule has 2 saturated heterocycles. The second-order valence-corrected chi connectivity index (χ2v) is 6.84. The highest BCUT2D eigenvalue weighted by Crippen LogP contribution is 2.51. The van der Waals surface area contributed by atoms with Gasteiger partial charge in [-0.3, -0.25) is 0 Å². The SMILES string of the molecule is N#Cc1cc(F)cc(C2(O)CC3CCC(C2)S3)c1. The van der Waals surface area contributed by atoms with Gasteiger partial charge < -0.3 is 5.11 Å². The number of hydrogen-bond donors (Lipinski definition) is 1. The van der Waals surface area contributed by atoms with Crippen molar-refractivity contribution in [2.75, 3.05) is 0 Å². The normalized spacial score (nSPS) is 34.3. The van der Waals surface area contributed by atoms with Crippen molar-refractivity contribution in [2.24, 2.45) is 0 Å². The lowest BCUT2D eigenvalue weighted by atomic mass is 9.85. The van der Waals surface area contributed by atoms with Gasteiger partial charge in [-0.05, 0) is 49.4 Å². The van der Waals surface area contributed by atoms with Gasteiger partial charge in [-0.15, -0.1) is 0 Å². The molecule has 2 aliphatic rings. The molecule has 2 atom stereocenters. The minimum Gasteiger partial charge on any atom is -0.385 e. The molecule has 2 unspecified atom stereocenters. The van der Waals surface area contributed by atoms with Crippen molar-refractivity contribution in [3.05, 3.63) is 35.1 Å². The molecule has 2 aliphatic heterocycles. The van der Waals surface area contributed by atoms with E-state index in [2.05, 4.69) is 0 Å². The van der Waals surface area contributed by atoms with Crippen molar-refractivity contribution in [3.8, 4) is 6.07 Å². The van der Waals surface area contributed by atoms with Crippen LogP contribution >= 0.6 is 11.8 Å². The molecule has 2 heterocycles. The summed E-state index contributed by atoms with van der Waals surface area (Å²) in [5, 5.41) is 20.6. The summed E-state index contributed by atoms with van der Waals surface area (Å²) in [6, 6.07) is 6.15. The van der Waals surface area contributed by atoms with Gasteiger partial charge in [0.15, 0.2) is 0 Å². The molecule has 3 rings (SSSR count). The molecular weight excluding hydrogens is 249 g/mol. The van der Waals surface area contributed by atoms with E-state index in [9.17, 15) is 9.50 Å². The predicted molar refractivity (Wildman–Crippen MR) is 68.6 cm³/mol. The first-order valence-corrected chi connectivity index (χ1v) is 7.12. The lowest BCUT2D eigenvalue weighted by molar-refractivity contribution is 0.0193. The molecule has 0 aromatic heterocycles. The summed E-state index contributed by atoms with van der Waals surface area (Å²) < 4.78 is 13.5. The Morgan fingerprint density at radius 2 is 1.94 bits per heavy atom. The number of hydrogen-bond acceptors (Lipinski definition) is 3. The van der Waals surface area contributed by atoms with Gasteiger partial charge in [-0.25, -0.2) is 4.39 Å². The quantitative estimate of drug-likeness (QED) is 0.847. The highest BCUT2D eigenvalue weighted by atomic mass is 32.2. The van der Waals surface area contributed by atoms with E-state index in [1.807, 2.05) is 17.8 Å². The Balaban J connectivity index is 1.99. The first-order valence-electron chi connectivity index (χ1n) is 6.18. The molecule has 1 aromatic rings. The zero-order valence-corrected chi connectivity index (χ0v) is 10.7. The molecule has 0 radical (unpaired) electrons. The third-order valence-electron chi connectivity index (χ3n) is 3.89. The predicted octanol–water partition coefficient (Wildman–Crippen LogP) is 2.94. The van der Waals surface area contributed by atoms with Crippen molar-refractivity contribution in [2.45, 2.75) is 41.8 Å². The van der Waals surface area contributed by atoms with Crippen LogP contribution in [-0.2, 0) is 5.60 Å². The lowest BCUT2D eigenvalue weighted by Crippen LogP contribution is -2.34. The van der Waals surface area contributed by atoms with Gasteiger partial charge in [0.05, 0.1) is 17.2 Å². The smallest absolute Gasteiger partial charge is 0.124 e. The highest BCUT2D eigenvalue weighted by Gasteiger charge is 2.44. The molecule has 4 heteroatoms. The summed E-state index contributed by atoms with van der Waals surface area (Å²) in [7, 11) is 0. The highest BCUT2D eigenvalue weighted by molar-refractivity contribution is 8.00. The summed E-state index contributed by atoms with van der Waals surface area (Å²) in [6.45, 7) is 0. The van der Waals surface area contributed by atoms with E-state index in [0.29, 0.717) is 28.9 Å². The van der Waals surface area contributed by atoms with Crippen molar-refractivity contribution in [3.63, 3.8) is 0 Å². The van der Waals surface area contributed by atoms with Gasteiger partial charge in [-0.1, -0.05) is 0 Å². The molecule has 94 valence electrons. The molecule has 2 bridgehead atoms. The van der Waals surface area contributed by atoms with Crippen molar-refractivity contribution >= 4 is 11.8 Å². The zero-order valence-electron chi connectivity index (χ0n) is 9.90. The second kappa shape index (κ2) is 4.25. The first-order chi connectivity index (χ1) is 8.59. The Bertz CT molecular complexity index is 513. The third kappa shape index (κ3) is 2.02. The molecular formula is C14H14FNOS. The molecule has 0 saturated carbocycles. The topological polar surface area (TPSA) is 44.0 Å². The Morgan fingerprint density at radius 1 is 1.28 bits per heavy atom. The van der Waals surface area contributed by atoms with E-state index in [1.165, 1.54) is 12.1 Å². The molecule has 2 fully saturated rings. The van der Waals surface area contributed by atoms with Gasteiger partial charge in [0, 0.05) is 10.5 Å². The number of benzene rings is 1. The van der Waals surface area contributed by atoms with Crippen molar-refractivity contribution in [1.82, 2.24) is 0 Å². The van der Waals surface area contributed by atoms with E-state index < -0.39 is 11.4 Å². The zero-order chi connectivity index (χ0) is 12.8. The van der Waals surface area contributed by atoms with Crippen LogP contribution in [0.5, 0.6) is 0 Å². The second-order valence-electron chi connectivity index (χ2n) is 5.24. The Morgan fingerprint density at radius 3 is 2.56 bits per heavy atom. The maximum atomic E-state index is 13.5. The van der Waals surface area contributed by atoms with Gasteiger partial charge in [-0.2, -0.15) is 17.0 Å². The summed E-state index contributed by atoms with van der Waals surface area (Å²) in [5.41, 5.74) is -0.106. The number of fused-ring (bicyclic) bond motifs is 2. The van der Waals surface area contributed by atoms with E-state index in [-0.39, 0.29) is 5.56 Å². The lowest BCUT2D eigenvalue weighted by Gasteiger charge is -2.36. The van der Waals surface area contributed by atoms with E-state index in [1.54, 1.807) is 6.07 Å². The van der Waals surface area contributed by atoms with Gasteiger partial charge in [0.2, 0.25) is 0 Å². The summed E-state index contributed by atoms with van der Waals surface area (Å²) in [6.07, 6.45) is 3.61. The van der Waals surface area contributed by atoms with Gasteiger partial charge in [0.1, 0.15) is 5.82 Å². The van der Waals surface area contributed by atoms with Crippen LogP contribution in [0.3, 0.4) is 0 Å². The van der Waals surface area contributed by atoms with Crippen LogP contribution in [0.15, 0.2) is 18.2 Å². The maximum absolute atomic E-state index is 13.5. The number of nitriles is 1. The minimum absolute atomic E-state index is 0.281. The van der Waals surface area contributed by atoms with Crippen LogP contribution in [0, 0.1) is 17.1 Å². The summed E-state index contributed by atoms with van der Waals surface area (Å²) >= 11 is 1.94. The number of aliphatic hydroxyl groups is 1. The molecule has 1 N–H and O–H groups in total. The van der Waals surface area contributed by atoms with Gasteiger partial charge >= 0.3 is 0 Å². The molecule has 0 spiro atoms. The third-order valence-corrected chi connectivity index (χ3v) is 5.47. The minimum atomic E-state index is -0.954. The van der Waals surface area contributed by atoms with E-state index in [4.69, 9.17) is 5.26 Å². The van der Waals surface area contributed by atoms with E-state index in [0.717, 1.165) is 12.8 Å². The molecule has 1 aromatic carbocycles. The van der Waals surface area contributed by atoms with Crippen LogP contribution in [0.2, 0.25) is 0 Å². The van der Waals surface area contributed by atoms with Crippen LogP contribution in [-0.4, -0.2) is 15.6 Å². The Hall–Kier alpha value is -1.05. The van der Waals surface area contributed by atoms with Crippen LogP contribution in [0.4, 0.5) is 4.39 Å².